The summed E-state index contributed by atoms with van der Waals surface area (Å²) in [5.41, 5.74) is 1.28. The van der Waals surface area contributed by atoms with E-state index < -0.39 is 0 Å². The van der Waals surface area contributed by atoms with Gasteiger partial charge in [0.15, 0.2) is 0 Å². The molecule has 1 aromatic rings. The first-order valence-electron chi connectivity index (χ1n) is 6.17. The van der Waals surface area contributed by atoms with Gasteiger partial charge in [-0.25, -0.2) is 0 Å². The lowest BCUT2D eigenvalue weighted by Gasteiger charge is -2.36. The standard InChI is InChI=1S/C14H19NO2/c1-11(12-5-3-2-4-6-12)7-8-14(17)15-9-13(16)10-15/h2-6,11,13,16H,7-10H2,1H3. The van der Waals surface area contributed by atoms with Gasteiger partial charge in [-0.05, 0) is 17.9 Å². The maximum atomic E-state index is 11.7. The number of amides is 1. The largest absolute Gasteiger partial charge is 0.389 e. The Hall–Kier alpha value is -1.35. The molecule has 1 heterocycles. The zero-order chi connectivity index (χ0) is 12.3. The minimum atomic E-state index is -0.300. The molecule has 1 amide bonds. The number of likely N-dealkylation sites (tertiary alicyclic amines) is 1. The summed E-state index contributed by atoms with van der Waals surface area (Å²) in [6.07, 6.45) is 1.14. The predicted octanol–water partition coefficient (Wildman–Crippen LogP) is 1.77. The Morgan fingerprint density at radius 3 is 2.65 bits per heavy atom. The normalized spacial score (nSPS) is 17.6. The number of carbonyl (C=O) groups excluding carboxylic acids is 1. The first-order chi connectivity index (χ1) is 8.16. The molecule has 1 N–H and O–H groups in total. The van der Waals surface area contributed by atoms with Crippen LogP contribution < -0.4 is 0 Å². The smallest absolute Gasteiger partial charge is 0.222 e. The number of aliphatic hydroxyl groups is 1. The Labute approximate surface area is 102 Å². The minimum absolute atomic E-state index is 0.165. The summed E-state index contributed by atoms with van der Waals surface area (Å²) in [6, 6.07) is 10.3. The van der Waals surface area contributed by atoms with Crippen LogP contribution in [0.2, 0.25) is 0 Å². The number of rotatable bonds is 4. The van der Waals surface area contributed by atoms with Gasteiger partial charge in [0.1, 0.15) is 0 Å². The first-order valence-corrected chi connectivity index (χ1v) is 6.17. The van der Waals surface area contributed by atoms with Crippen LogP contribution in [0.3, 0.4) is 0 Å². The molecule has 0 aliphatic carbocycles. The SMILES string of the molecule is CC(CCC(=O)N1CC(O)C1)c1ccccc1. The van der Waals surface area contributed by atoms with Gasteiger partial charge in [-0.1, -0.05) is 37.3 Å². The van der Waals surface area contributed by atoms with Crippen LogP contribution in [0.4, 0.5) is 0 Å². The van der Waals surface area contributed by atoms with Gasteiger partial charge < -0.3 is 10.0 Å². The summed E-state index contributed by atoms with van der Waals surface area (Å²) in [4.78, 5) is 13.4. The lowest BCUT2D eigenvalue weighted by atomic mass is 9.95. The Balaban J connectivity index is 1.76. The molecule has 1 atom stereocenters. The Bertz CT molecular complexity index is 371. The molecule has 92 valence electrons. The van der Waals surface area contributed by atoms with E-state index in [1.165, 1.54) is 5.56 Å². The lowest BCUT2D eigenvalue weighted by molar-refractivity contribution is -0.141. The highest BCUT2D eigenvalue weighted by Crippen LogP contribution is 2.21. The number of nitrogens with zero attached hydrogens (tertiary/aromatic N) is 1. The molecule has 3 heteroatoms. The monoisotopic (exact) mass is 233 g/mol. The molecule has 1 aliphatic rings. The Kier molecular flexibility index (Phi) is 3.79. The van der Waals surface area contributed by atoms with Crippen molar-refractivity contribution in [2.45, 2.75) is 31.8 Å². The molecule has 1 aliphatic heterocycles. The number of carbonyl (C=O) groups is 1. The van der Waals surface area contributed by atoms with E-state index in [0.717, 1.165) is 6.42 Å². The molecule has 3 nitrogen and oxygen atoms in total. The van der Waals surface area contributed by atoms with Crippen molar-refractivity contribution in [1.82, 2.24) is 4.90 Å². The second-order valence-corrected chi connectivity index (χ2v) is 4.80. The molecule has 0 spiro atoms. The molecule has 17 heavy (non-hydrogen) atoms. The molecule has 0 aromatic heterocycles. The second kappa shape index (κ2) is 5.32. The van der Waals surface area contributed by atoms with E-state index >= 15 is 0 Å². The van der Waals surface area contributed by atoms with Gasteiger partial charge in [0.05, 0.1) is 6.10 Å². The van der Waals surface area contributed by atoms with Crippen molar-refractivity contribution in [2.75, 3.05) is 13.1 Å². The third kappa shape index (κ3) is 3.07. The van der Waals surface area contributed by atoms with E-state index in [0.29, 0.717) is 25.4 Å². The fourth-order valence-corrected chi connectivity index (χ4v) is 2.11. The highest BCUT2D eigenvalue weighted by Gasteiger charge is 2.28. The maximum absolute atomic E-state index is 11.7. The summed E-state index contributed by atoms with van der Waals surface area (Å²) in [7, 11) is 0. The zero-order valence-electron chi connectivity index (χ0n) is 10.2. The van der Waals surface area contributed by atoms with Crippen molar-refractivity contribution in [3.63, 3.8) is 0 Å². The molecule has 0 radical (unpaired) electrons. The van der Waals surface area contributed by atoms with E-state index in [4.69, 9.17) is 5.11 Å². The highest BCUT2D eigenvalue weighted by molar-refractivity contribution is 5.77. The quantitative estimate of drug-likeness (QED) is 0.861. The van der Waals surface area contributed by atoms with E-state index in [1.54, 1.807) is 4.90 Å². The average Bonchev–Trinajstić information content (AvgIpc) is 2.32. The fraction of sp³-hybridized carbons (Fsp3) is 0.500. The Morgan fingerprint density at radius 1 is 1.41 bits per heavy atom. The average molecular weight is 233 g/mol. The van der Waals surface area contributed by atoms with Crippen LogP contribution in [0.25, 0.3) is 0 Å². The van der Waals surface area contributed by atoms with Crippen LogP contribution in [0.15, 0.2) is 30.3 Å². The fourth-order valence-electron chi connectivity index (χ4n) is 2.11. The number of β-amino-alcohol motifs (C(OH)–C–C–N with tert-alkyl or cyclic N) is 1. The summed E-state index contributed by atoms with van der Waals surface area (Å²) in [5.74, 6) is 0.574. The number of hydrogen-bond acceptors (Lipinski definition) is 2. The number of hydrogen-bond donors (Lipinski definition) is 1. The van der Waals surface area contributed by atoms with Crippen molar-refractivity contribution >= 4 is 5.91 Å². The predicted molar refractivity (Wildman–Crippen MR) is 66.7 cm³/mol. The van der Waals surface area contributed by atoms with Crippen molar-refractivity contribution in [3.8, 4) is 0 Å². The summed E-state index contributed by atoms with van der Waals surface area (Å²) < 4.78 is 0. The molecule has 0 saturated carbocycles. The highest BCUT2D eigenvalue weighted by atomic mass is 16.3. The molecule has 1 unspecified atom stereocenters. The molecular formula is C14H19NO2. The lowest BCUT2D eigenvalue weighted by Crippen LogP contribution is -2.53. The molecule has 1 fully saturated rings. The van der Waals surface area contributed by atoms with Gasteiger partial charge in [-0.2, -0.15) is 0 Å². The first kappa shape index (κ1) is 12.1. The van der Waals surface area contributed by atoms with E-state index in [-0.39, 0.29) is 12.0 Å². The zero-order valence-corrected chi connectivity index (χ0v) is 10.2. The van der Waals surface area contributed by atoms with Crippen LogP contribution in [-0.2, 0) is 4.79 Å². The van der Waals surface area contributed by atoms with E-state index in [2.05, 4.69) is 19.1 Å². The summed E-state index contributed by atoms with van der Waals surface area (Å²) in [6.45, 7) is 3.17. The van der Waals surface area contributed by atoms with Crippen LogP contribution in [0.5, 0.6) is 0 Å². The molecule has 1 saturated heterocycles. The summed E-state index contributed by atoms with van der Waals surface area (Å²) >= 11 is 0. The molecule has 2 rings (SSSR count). The van der Waals surface area contributed by atoms with E-state index in [1.807, 2.05) is 18.2 Å². The van der Waals surface area contributed by atoms with Gasteiger partial charge in [-0.15, -0.1) is 0 Å². The summed E-state index contributed by atoms with van der Waals surface area (Å²) in [5, 5.41) is 9.13. The van der Waals surface area contributed by atoms with E-state index in [9.17, 15) is 4.79 Å². The topological polar surface area (TPSA) is 40.5 Å². The number of benzene rings is 1. The van der Waals surface area contributed by atoms with Crippen molar-refractivity contribution < 1.29 is 9.90 Å². The number of aliphatic hydroxyl groups excluding tert-OH is 1. The molecule has 0 bridgehead atoms. The third-order valence-electron chi connectivity index (χ3n) is 3.37. The van der Waals surface area contributed by atoms with Crippen LogP contribution >= 0.6 is 0 Å². The van der Waals surface area contributed by atoms with Gasteiger partial charge in [0.25, 0.3) is 0 Å². The third-order valence-corrected chi connectivity index (χ3v) is 3.37. The molecule has 1 aromatic carbocycles. The van der Waals surface area contributed by atoms with Crippen molar-refractivity contribution in [3.05, 3.63) is 35.9 Å². The van der Waals surface area contributed by atoms with Crippen LogP contribution in [0, 0.1) is 0 Å². The Morgan fingerprint density at radius 2 is 2.06 bits per heavy atom. The van der Waals surface area contributed by atoms with Gasteiger partial charge in [-0.3, -0.25) is 4.79 Å². The van der Waals surface area contributed by atoms with Crippen LogP contribution in [0.1, 0.15) is 31.2 Å². The minimum Gasteiger partial charge on any atom is -0.389 e. The van der Waals surface area contributed by atoms with Crippen LogP contribution in [-0.4, -0.2) is 35.1 Å². The van der Waals surface area contributed by atoms with Gasteiger partial charge >= 0.3 is 0 Å². The maximum Gasteiger partial charge on any atom is 0.222 e. The second-order valence-electron chi connectivity index (χ2n) is 4.80. The van der Waals surface area contributed by atoms with Gasteiger partial charge in [0.2, 0.25) is 5.91 Å². The molecular weight excluding hydrogens is 214 g/mol. The van der Waals surface area contributed by atoms with Crippen molar-refractivity contribution in [2.24, 2.45) is 0 Å². The van der Waals surface area contributed by atoms with Gasteiger partial charge in [0, 0.05) is 19.5 Å². The van der Waals surface area contributed by atoms with Crippen molar-refractivity contribution in [1.29, 1.82) is 0 Å².